The van der Waals surface area contributed by atoms with Crippen LogP contribution in [0.4, 0.5) is 5.69 Å². The molecule has 2 atom stereocenters. The third-order valence-electron chi connectivity index (χ3n) is 6.54. The summed E-state index contributed by atoms with van der Waals surface area (Å²) in [5.41, 5.74) is 0.375. The number of hydrogen-bond acceptors (Lipinski definition) is 7. The van der Waals surface area contributed by atoms with E-state index in [0.29, 0.717) is 11.3 Å². The highest BCUT2D eigenvalue weighted by Crippen LogP contribution is 2.59. The molecule has 1 aromatic carbocycles. The molecular weight excluding hydrogens is 436 g/mol. The summed E-state index contributed by atoms with van der Waals surface area (Å²) < 4.78 is 5.01. The highest BCUT2D eigenvalue weighted by atomic mass is 32.2. The molecule has 1 N–H and O–H groups in total. The first-order valence-electron chi connectivity index (χ1n) is 10.5. The van der Waals surface area contributed by atoms with Crippen LogP contribution in [0.1, 0.15) is 54.3 Å². The summed E-state index contributed by atoms with van der Waals surface area (Å²) in [6, 6.07) is 6.39. The van der Waals surface area contributed by atoms with Crippen molar-refractivity contribution in [3.8, 4) is 0 Å². The number of thioether (sulfide) groups is 1. The van der Waals surface area contributed by atoms with Gasteiger partial charge in [-0.25, -0.2) is 9.69 Å². The van der Waals surface area contributed by atoms with Gasteiger partial charge in [-0.2, -0.15) is 0 Å². The van der Waals surface area contributed by atoms with E-state index in [1.54, 1.807) is 31.2 Å². The Kier molecular flexibility index (Phi) is 5.05. The molecule has 9 heteroatoms. The number of benzene rings is 1. The maximum absolute atomic E-state index is 13.7. The fraction of sp³-hybridized carbons (Fsp3) is 0.455. The van der Waals surface area contributed by atoms with Gasteiger partial charge < -0.3 is 9.72 Å². The van der Waals surface area contributed by atoms with Crippen LogP contribution in [0.15, 0.2) is 34.1 Å². The van der Waals surface area contributed by atoms with E-state index in [2.05, 4.69) is 4.98 Å². The van der Waals surface area contributed by atoms with Crippen LogP contribution < -0.4 is 9.77 Å². The van der Waals surface area contributed by atoms with Crippen molar-refractivity contribution in [1.29, 1.82) is 0 Å². The average molecular weight is 459 g/mol. The second-order valence-electron chi connectivity index (χ2n) is 8.18. The number of nitrogens with zero attached hydrogens (tertiary/aromatic N) is 1. The minimum Gasteiger partial charge on any atom is -0.462 e. The largest absolute Gasteiger partial charge is 0.462 e. The van der Waals surface area contributed by atoms with Gasteiger partial charge in [0, 0.05) is 10.3 Å². The molecule has 1 aliphatic carbocycles. The second kappa shape index (κ2) is 7.63. The molecule has 2 aromatic rings. The van der Waals surface area contributed by atoms with Crippen LogP contribution in [-0.4, -0.2) is 34.6 Å². The van der Waals surface area contributed by atoms with E-state index in [-0.39, 0.29) is 23.3 Å². The Morgan fingerprint density at radius 1 is 1.13 bits per heavy atom. The van der Waals surface area contributed by atoms with Crippen molar-refractivity contribution in [2.24, 2.45) is 5.92 Å². The first-order chi connectivity index (χ1) is 15.0. The summed E-state index contributed by atoms with van der Waals surface area (Å²) in [5, 5.41) is 0.201. The molecule has 31 heavy (non-hydrogen) atoms. The topological polar surface area (TPSA) is 96.5 Å². The van der Waals surface area contributed by atoms with Crippen LogP contribution in [0.5, 0.6) is 0 Å². The third kappa shape index (κ3) is 3.09. The average Bonchev–Trinajstić information content (AvgIpc) is 3.27. The van der Waals surface area contributed by atoms with Gasteiger partial charge in [0.15, 0.2) is 0 Å². The summed E-state index contributed by atoms with van der Waals surface area (Å²) in [6.07, 6.45) is 4.68. The molecule has 1 saturated carbocycles. The van der Waals surface area contributed by atoms with Crippen molar-refractivity contribution in [2.75, 3.05) is 11.5 Å². The first kappa shape index (κ1) is 20.5. The number of ether oxygens (including phenoxy) is 1. The van der Waals surface area contributed by atoms with E-state index in [0.717, 1.165) is 42.0 Å². The lowest BCUT2D eigenvalue weighted by atomic mass is 9.64. The van der Waals surface area contributed by atoms with Gasteiger partial charge in [0.1, 0.15) is 5.25 Å². The molecule has 1 aromatic heterocycles. The van der Waals surface area contributed by atoms with Crippen molar-refractivity contribution in [2.45, 2.75) is 54.7 Å². The predicted molar refractivity (Wildman–Crippen MR) is 118 cm³/mol. The van der Waals surface area contributed by atoms with Gasteiger partial charge in [0.25, 0.3) is 0 Å². The molecule has 3 aliphatic rings. The normalized spacial score (nSPS) is 24.2. The van der Waals surface area contributed by atoms with Crippen LogP contribution in [0, 0.1) is 5.92 Å². The van der Waals surface area contributed by atoms with Gasteiger partial charge in [-0.15, -0.1) is 0 Å². The number of nitrogens with one attached hydrogen (secondary N) is 1. The van der Waals surface area contributed by atoms with Gasteiger partial charge in [-0.05, 0) is 44.0 Å². The van der Waals surface area contributed by atoms with Gasteiger partial charge in [0.05, 0.1) is 28.8 Å². The molecule has 7 nitrogen and oxygen atoms in total. The standard InChI is InChI=1S/C22H22N2O5S2/c1-2-29-20(27)12-6-8-13(9-7-12)24-18(25)14-15(19(24)26)30-17-16(31-21(28)23-17)22(14)10-4-3-5-11-22/h6-9,14-15H,2-5,10-11H2,1H3,(H,23,28)/t14-,15+/m1/s1. The minimum absolute atomic E-state index is 0.131. The zero-order valence-corrected chi connectivity index (χ0v) is 18.6. The van der Waals surface area contributed by atoms with Gasteiger partial charge in [-0.3, -0.25) is 14.4 Å². The third-order valence-corrected chi connectivity index (χ3v) is 9.05. The van der Waals surface area contributed by atoms with Crippen LogP contribution in [0.25, 0.3) is 0 Å². The number of H-pyrrole nitrogens is 1. The Morgan fingerprint density at radius 3 is 2.52 bits per heavy atom. The number of thiazole rings is 1. The van der Waals surface area contributed by atoms with Crippen molar-refractivity contribution in [3.63, 3.8) is 0 Å². The lowest BCUT2D eigenvalue weighted by Crippen LogP contribution is -2.46. The predicted octanol–water partition coefficient (Wildman–Crippen LogP) is 3.48. The molecule has 1 saturated heterocycles. The molecule has 2 amide bonds. The summed E-state index contributed by atoms with van der Waals surface area (Å²) in [7, 11) is 0. The maximum Gasteiger partial charge on any atom is 0.338 e. The number of fused-ring (bicyclic) bond motifs is 4. The Balaban J connectivity index is 1.53. The zero-order valence-electron chi connectivity index (χ0n) is 17.0. The Labute approximate surface area is 187 Å². The zero-order chi connectivity index (χ0) is 21.8. The molecule has 3 heterocycles. The van der Waals surface area contributed by atoms with Crippen molar-refractivity contribution in [3.05, 3.63) is 44.4 Å². The monoisotopic (exact) mass is 458 g/mol. The number of aromatic nitrogens is 1. The molecule has 2 fully saturated rings. The number of rotatable bonds is 3. The summed E-state index contributed by atoms with van der Waals surface area (Å²) in [6.45, 7) is 2.01. The molecular formula is C22H22N2O5S2. The number of amides is 2. The molecule has 0 radical (unpaired) electrons. The number of hydrogen-bond donors (Lipinski definition) is 1. The first-order valence-corrected chi connectivity index (χ1v) is 12.2. The molecule has 5 rings (SSSR count). The summed E-state index contributed by atoms with van der Waals surface area (Å²) >= 11 is 2.50. The fourth-order valence-corrected chi connectivity index (χ4v) is 8.01. The lowest BCUT2D eigenvalue weighted by Gasteiger charge is -2.44. The number of aromatic amines is 1. The molecule has 0 bridgehead atoms. The van der Waals surface area contributed by atoms with E-state index in [4.69, 9.17) is 4.74 Å². The van der Waals surface area contributed by atoms with Crippen LogP contribution in [0.2, 0.25) is 0 Å². The molecule has 0 unspecified atom stereocenters. The van der Waals surface area contributed by atoms with Crippen molar-refractivity contribution < 1.29 is 19.1 Å². The van der Waals surface area contributed by atoms with Crippen molar-refractivity contribution in [1.82, 2.24) is 4.98 Å². The highest BCUT2D eigenvalue weighted by molar-refractivity contribution is 8.00. The van der Waals surface area contributed by atoms with E-state index in [1.807, 2.05) is 0 Å². The van der Waals surface area contributed by atoms with Crippen molar-refractivity contribution >= 4 is 46.6 Å². The Morgan fingerprint density at radius 2 is 1.84 bits per heavy atom. The molecule has 1 spiro atoms. The van der Waals surface area contributed by atoms with E-state index < -0.39 is 22.6 Å². The number of anilines is 1. The van der Waals surface area contributed by atoms with Gasteiger partial charge >= 0.3 is 10.8 Å². The molecule has 162 valence electrons. The Bertz CT molecular complexity index is 1110. The number of carbonyl (C=O) groups excluding carboxylic acids is 3. The van der Waals surface area contributed by atoms with Crippen LogP contribution in [-0.2, 0) is 19.7 Å². The number of esters is 1. The lowest BCUT2D eigenvalue weighted by molar-refractivity contribution is -0.123. The smallest absolute Gasteiger partial charge is 0.338 e. The summed E-state index contributed by atoms with van der Waals surface area (Å²) in [4.78, 5) is 56.1. The van der Waals surface area contributed by atoms with Gasteiger partial charge in [0.2, 0.25) is 11.8 Å². The minimum atomic E-state index is -0.548. The SMILES string of the molecule is CCOC(=O)c1ccc(N2C(=O)[C@H]3Sc4[nH]c(=O)sc4C4(CCCCC4)[C@H]3C2=O)cc1. The number of carbonyl (C=O) groups is 3. The second-order valence-corrected chi connectivity index (χ2v) is 10.3. The maximum atomic E-state index is 13.7. The summed E-state index contributed by atoms with van der Waals surface area (Å²) in [5.74, 6) is -1.38. The van der Waals surface area contributed by atoms with Gasteiger partial charge in [-0.1, -0.05) is 42.4 Å². The van der Waals surface area contributed by atoms with E-state index in [1.165, 1.54) is 28.0 Å². The quantitative estimate of drug-likeness (QED) is 0.559. The number of imide groups is 1. The van der Waals surface area contributed by atoms with Crippen LogP contribution >= 0.6 is 23.1 Å². The fourth-order valence-electron chi connectivity index (χ4n) is 5.22. The highest BCUT2D eigenvalue weighted by Gasteiger charge is 2.62. The van der Waals surface area contributed by atoms with E-state index in [9.17, 15) is 19.2 Å². The van der Waals surface area contributed by atoms with Crippen LogP contribution in [0.3, 0.4) is 0 Å². The van der Waals surface area contributed by atoms with E-state index >= 15 is 0 Å². The Hall–Kier alpha value is -2.39. The molecule has 2 aliphatic heterocycles.